The summed E-state index contributed by atoms with van der Waals surface area (Å²) in [6, 6.07) is 7.96. The van der Waals surface area contributed by atoms with E-state index in [0.29, 0.717) is 66.6 Å². The average Bonchev–Trinajstić information content (AvgIpc) is 3.75. The van der Waals surface area contributed by atoms with Gasteiger partial charge < -0.3 is 29.6 Å². The first-order chi connectivity index (χ1) is 21.5. The van der Waals surface area contributed by atoms with Crippen LogP contribution in [0.25, 0.3) is 10.9 Å². The van der Waals surface area contributed by atoms with Gasteiger partial charge in [0.15, 0.2) is 6.29 Å². The van der Waals surface area contributed by atoms with E-state index < -0.39 is 5.82 Å². The molecule has 7 rings (SSSR count). The first kappa shape index (κ1) is 29.1. The van der Waals surface area contributed by atoms with Gasteiger partial charge in [0.2, 0.25) is 5.91 Å². The Hall–Kier alpha value is -3.63. The highest BCUT2D eigenvalue weighted by Crippen LogP contribution is 2.35. The molecule has 4 saturated heterocycles. The minimum absolute atomic E-state index is 0.01000. The maximum Gasteiger partial charge on any atom is 0.248 e. The molecule has 0 bridgehead atoms. The third-order valence-corrected chi connectivity index (χ3v) is 8.61. The van der Waals surface area contributed by atoms with Crippen LogP contribution in [0.3, 0.4) is 0 Å². The molecule has 5 unspecified atom stereocenters. The lowest BCUT2D eigenvalue weighted by atomic mass is 9.93. The largest absolute Gasteiger partial charge is 0.372 e. The number of nitrogens with one attached hydrogen (secondary N) is 2. The molecule has 2 N–H and O–H groups in total. The molecule has 4 fully saturated rings. The second-order valence-electron chi connectivity index (χ2n) is 11.2. The van der Waals surface area contributed by atoms with Crippen LogP contribution in [-0.2, 0) is 23.7 Å². The van der Waals surface area contributed by atoms with Crippen molar-refractivity contribution in [1.29, 1.82) is 0 Å². The monoisotopic (exact) mass is 619 g/mol. The van der Waals surface area contributed by atoms with Crippen LogP contribution in [0.1, 0.15) is 12.0 Å². The number of fused-ring (bicyclic) bond motifs is 3. The number of carbonyl (C=O) groups is 1. The smallest absolute Gasteiger partial charge is 0.248 e. The molecule has 4 aliphatic rings. The molecule has 0 saturated carbocycles. The van der Waals surface area contributed by atoms with Crippen molar-refractivity contribution in [2.75, 3.05) is 56.7 Å². The van der Waals surface area contributed by atoms with Crippen molar-refractivity contribution in [3.05, 3.63) is 65.2 Å². The van der Waals surface area contributed by atoms with Gasteiger partial charge in [0, 0.05) is 42.7 Å². The zero-order valence-corrected chi connectivity index (χ0v) is 24.6. The number of rotatable bonds is 6. The number of carbonyl (C=O) groups excluding carboxylic acids is 1. The number of ether oxygens (including phenoxy) is 4. The van der Waals surface area contributed by atoms with Gasteiger partial charge in [-0.05, 0) is 36.8 Å². The third-order valence-electron chi connectivity index (χ3n) is 8.32. The Morgan fingerprint density at radius 2 is 1.93 bits per heavy atom. The van der Waals surface area contributed by atoms with E-state index in [1.165, 1.54) is 24.5 Å². The molecular weight excluding hydrogens is 589 g/mol. The standard InChI is InChI=1S/C32H31ClFN5O5/c33-24-13-21(5-6-25(24)34)37-31-23-14-26(38-30(40)2-1-8-39-15-28-29(16-39)42-11-10-41-28)19(12-27(23)35-18-36-31)3-4-20-17-44-32-22(20)7-9-43-32/h1-2,5-6,12-14,18,20,22,28-29,32H,7-11,15-17H2,(H,38,40)(H,35,36,37)/b2-1+. The number of hydrogen-bond acceptors (Lipinski definition) is 9. The topological polar surface area (TPSA) is 107 Å². The number of nitrogens with zero attached hydrogens (tertiary/aromatic N) is 3. The molecule has 2 aromatic carbocycles. The van der Waals surface area contributed by atoms with E-state index in [1.54, 1.807) is 12.1 Å². The number of benzene rings is 2. The normalized spacial score (nSPS) is 26.4. The van der Waals surface area contributed by atoms with Gasteiger partial charge in [-0.1, -0.05) is 29.5 Å². The van der Waals surface area contributed by atoms with Gasteiger partial charge in [0.1, 0.15) is 18.0 Å². The molecule has 1 amide bonds. The lowest BCUT2D eigenvalue weighted by Crippen LogP contribution is -2.36. The summed E-state index contributed by atoms with van der Waals surface area (Å²) in [5.74, 6) is 6.56. The van der Waals surface area contributed by atoms with Gasteiger partial charge >= 0.3 is 0 Å². The Balaban J connectivity index is 1.14. The van der Waals surface area contributed by atoms with Gasteiger partial charge in [0.25, 0.3) is 0 Å². The molecule has 5 atom stereocenters. The molecule has 5 heterocycles. The number of aromatic nitrogens is 2. The quantitative estimate of drug-likeness (QED) is 0.311. The van der Waals surface area contributed by atoms with Crippen LogP contribution in [0.15, 0.2) is 48.8 Å². The predicted molar refractivity (Wildman–Crippen MR) is 162 cm³/mol. The van der Waals surface area contributed by atoms with Gasteiger partial charge in [-0.3, -0.25) is 9.69 Å². The van der Waals surface area contributed by atoms with Gasteiger partial charge in [-0.15, -0.1) is 0 Å². The highest BCUT2D eigenvalue weighted by Gasteiger charge is 2.41. The van der Waals surface area contributed by atoms with Crippen LogP contribution < -0.4 is 10.6 Å². The van der Waals surface area contributed by atoms with Crippen LogP contribution in [0.5, 0.6) is 0 Å². The highest BCUT2D eigenvalue weighted by atomic mass is 35.5. The average molecular weight is 620 g/mol. The van der Waals surface area contributed by atoms with Crippen LogP contribution >= 0.6 is 11.6 Å². The third kappa shape index (κ3) is 6.28. The minimum Gasteiger partial charge on any atom is -0.372 e. The summed E-state index contributed by atoms with van der Waals surface area (Å²) < 4.78 is 36.7. The lowest BCUT2D eigenvalue weighted by Gasteiger charge is -2.24. The number of likely N-dealkylation sites (tertiary alicyclic amines) is 1. The predicted octanol–water partition coefficient (Wildman–Crippen LogP) is 4.12. The van der Waals surface area contributed by atoms with Gasteiger partial charge in [-0.2, -0.15) is 0 Å². The molecule has 0 radical (unpaired) electrons. The number of hydrogen-bond donors (Lipinski definition) is 2. The Bertz CT molecular complexity index is 1650. The van der Waals surface area contributed by atoms with Crippen molar-refractivity contribution in [2.24, 2.45) is 11.8 Å². The van der Waals surface area contributed by atoms with Crippen molar-refractivity contribution in [3.63, 3.8) is 0 Å². The molecule has 44 heavy (non-hydrogen) atoms. The summed E-state index contributed by atoms with van der Waals surface area (Å²) in [6.07, 6.45) is 5.66. The SMILES string of the molecule is O=C(/C=C/CN1CC2OCCOC2C1)Nc1cc2c(Nc3ccc(F)c(Cl)c3)ncnc2cc1C#CC1COC2OCCC12. The first-order valence-corrected chi connectivity index (χ1v) is 15.1. The van der Waals surface area contributed by atoms with Crippen LogP contribution in [0.2, 0.25) is 5.02 Å². The molecule has 10 nitrogen and oxygen atoms in total. The fourth-order valence-electron chi connectivity index (χ4n) is 6.07. The first-order valence-electron chi connectivity index (χ1n) is 14.7. The van der Waals surface area contributed by atoms with Gasteiger partial charge in [0.05, 0.1) is 66.3 Å². The molecule has 228 valence electrons. The summed E-state index contributed by atoms with van der Waals surface area (Å²) >= 11 is 5.99. The minimum atomic E-state index is -0.515. The molecule has 0 aliphatic carbocycles. The molecule has 1 aromatic heterocycles. The van der Waals surface area contributed by atoms with E-state index in [0.717, 1.165) is 19.5 Å². The van der Waals surface area contributed by atoms with Crippen molar-refractivity contribution >= 4 is 45.6 Å². The molecular formula is C32H31ClFN5O5. The van der Waals surface area contributed by atoms with Crippen molar-refractivity contribution < 1.29 is 28.1 Å². The summed E-state index contributed by atoms with van der Waals surface area (Å²) in [5, 5.41) is 6.82. The van der Waals surface area contributed by atoms with Crippen LogP contribution in [0, 0.1) is 29.5 Å². The fourth-order valence-corrected chi connectivity index (χ4v) is 6.25. The van der Waals surface area contributed by atoms with Crippen molar-refractivity contribution in [2.45, 2.75) is 24.9 Å². The van der Waals surface area contributed by atoms with E-state index in [2.05, 4.69) is 37.3 Å². The Morgan fingerprint density at radius 1 is 1.09 bits per heavy atom. The summed E-state index contributed by atoms with van der Waals surface area (Å²) in [5.41, 5.74) is 2.31. The van der Waals surface area contributed by atoms with E-state index in [4.69, 9.17) is 30.5 Å². The molecule has 4 aliphatic heterocycles. The summed E-state index contributed by atoms with van der Waals surface area (Å²) in [4.78, 5) is 24.2. The van der Waals surface area contributed by atoms with Gasteiger partial charge in [-0.25, -0.2) is 14.4 Å². The van der Waals surface area contributed by atoms with Crippen LogP contribution in [-0.4, -0.2) is 85.3 Å². The zero-order chi connectivity index (χ0) is 30.0. The van der Waals surface area contributed by atoms with Crippen molar-refractivity contribution in [1.82, 2.24) is 14.9 Å². The van der Waals surface area contributed by atoms with Crippen molar-refractivity contribution in [3.8, 4) is 11.8 Å². The maximum atomic E-state index is 13.7. The van der Waals surface area contributed by atoms with Crippen LogP contribution in [0.4, 0.5) is 21.6 Å². The number of anilines is 3. The Kier molecular flexibility index (Phi) is 8.45. The molecule has 12 heteroatoms. The summed E-state index contributed by atoms with van der Waals surface area (Å²) in [7, 11) is 0. The van der Waals surface area contributed by atoms with E-state index in [9.17, 15) is 9.18 Å². The molecule has 3 aromatic rings. The van der Waals surface area contributed by atoms with E-state index in [-0.39, 0.29) is 41.3 Å². The lowest BCUT2D eigenvalue weighted by molar-refractivity contribution is -0.116. The number of halogens is 2. The Morgan fingerprint density at radius 3 is 2.75 bits per heavy atom. The second kappa shape index (κ2) is 12.8. The zero-order valence-electron chi connectivity index (χ0n) is 23.8. The fraction of sp³-hybridized carbons (Fsp3) is 0.406. The maximum absolute atomic E-state index is 13.7. The van der Waals surface area contributed by atoms with E-state index in [1.807, 2.05) is 12.1 Å². The highest BCUT2D eigenvalue weighted by molar-refractivity contribution is 6.31. The second-order valence-corrected chi connectivity index (χ2v) is 11.6. The number of amides is 1. The molecule has 0 spiro atoms. The summed E-state index contributed by atoms with van der Waals surface area (Å²) in [6.45, 7) is 4.56. The Labute approximate surface area is 258 Å². The van der Waals surface area contributed by atoms with E-state index >= 15 is 0 Å².